The predicted molar refractivity (Wildman–Crippen MR) is 62.4 cm³/mol. The van der Waals surface area contributed by atoms with Crippen LogP contribution in [0.1, 0.15) is 0 Å². The second kappa shape index (κ2) is 5.32. The molecule has 2 rings (SSSR count). The van der Waals surface area contributed by atoms with Gasteiger partial charge in [0.1, 0.15) is 5.75 Å². The van der Waals surface area contributed by atoms with Crippen molar-refractivity contribution in [1.29, 1.82) is 0 Å². The molecule has 0 aliphatic carbocycles. The summed E-state index contributed by atoms with van der Waals surface area (Å²) in [6.45, 7) is 1.24. The van der Waals surface area contributed by atoms with Crippen LogP contribution in [0.25, 0.3) is 0 Å². The zero-order valence-corrected chi connectivity index (χ0v) is 10.2. The molecule has 1 heterocycles. The summed E-state index contributed by atoms with van der Waals surface area (Å²) in [6.07, 6.45) is 0. The summed E-state index contributed by atoms with van der Waals surface area (Å²) in [5, 5.41) is 2.80. The molecular formula is C11H12BrNO3. The zero-order chi connectivity index (χ0) is 11.4. The normalized spacial score (nSPS) is 15.3. The number of amides is 1. The SMILES string of the molecule is O=C(COc1ccc(Br)cc1)NC1COC1. The van der Waals surface area contributed by atoms with E-state index in [0.717, 1.165) is 4.47 Å². The largest absolute Gasteiger partial charge is 0.484 e. The molecule has 1 aliphatic rings. The van der Waals surface area contributed by atoms with Gasteiger partial charge in [-0.15, -0.1) is 0 Å². The van der Waals surface area contributed by atoms with Crippen LogP contribution in [0.5, 0.6) is 5.75 Å². The Labute approximate surface area is 102 Å². The highest BCUT2D eigenvalue weighted by Crippen LogP contribution is 2.15. The number of carbonyl (C=O) groups excluding carboxylic acids is 1. The van der Waals surface area contributed by atoms with Crippen LogP contribution in [0.4, 0.5) is 0 Å². The zero-order valence-electron chi connectivity index (χ0n) is 8.61. The second-order valence-corrected chi connectivity index (χ2v) is 4.46. The van der Waals surface area contributed by atoms with Gasteiger partial charge in [0.05, 0.1) is 19.3 Å². The summed E-state index contributed by atoms with van der Waals surface area (Å²) in [5.41, 5.74) is 0. The first kappa shape index (κ1) is 11.4. The molecule has 1 aromatic carbocycles. The summed E-state index contributed by atoms with van der Waals surface area (Å²) >= 11 is 3.33. The number of carbonyl (C=O) groups is 1. The van der Waals surface area contributed by atoms with Crippen LogP contribution < -0.4 is 10.1 Å². The van der Waals surface area contributed by atoms with Crippen molar-refractivity contribution in [3.05, 3.63) is 28.7 Å². The van der Waals surface area contributed by atoms with E-state index >= 15 is 0 Å². The van der Waals surface area contributed by atoms with Gasteiger partial charge in [0.2, 0.25) is 0 Å². The third-order valence-corrected chi connectivity index (χ3v) is 2.72. The Balaban J connectivity index is 1.73. The molecule has 0 atom stereocenters. The smallest absolute Gasteiger partial charge is 0.258 e. The molecular weight excluding hydrogens is 274 g/mol. The van der Waals surface area contributed by atoms with Crippen molar-refractivity contribution in [2.45, 2.75) is 6.04 Å². The Bertz CT molecular complexity index is 362. The lowest BCUT2D eigenvalue weighted by atomic mass is 10.2. The highest BCUT2D eigenvalue weighted by atomic mass is 79.9. The molecule has 1 aromatic rings. The molecule has 16 heavy (non-hydrogen) atoms. The van der Waals surface area contributed by atoms with Gasteiger partial charge >= 0.3 is 0 Å². The van der Waals surface area contributed by atoms with Crippen LogP contribution in [0.2, 0.25) is 0 Å². The maximum atomic E-state index is 11.4. The summed E-state index contributed by atoms with van der Waals surface area (Å²) in [6, 6.07) is 7.51. The number of ether oxygens (including phenoxy) is 2. The first-order chi connectivity index (χ1) is 7.74. The van der Waals surface area contributed by atoms with Crippen LogP contribution in [0.15, 0.2) is 28.7 Å². The predicted octanol–water partition coefficient (Wildman–Crippen LogP) is 1.34. The monoisotopic (exact) mass is 285 g/mol. The Morgan fingerprint density at radius 2 is 2.12 bits per heavy atom. The lowest BCUT2D eigenvalue weighted by Gasteiger charge is -2.26. The summed E-state index contributed by atoms with van der Waals surface area (Å²) in [7, 11) is 0. The summed E-state index contributed by atoms with van der Waals surface area (Å²) < 4.78 is 11.3. The van der Waals surface area contributed by atoms with E-state index in [9.17, 15) is 4.79 Å². The van der Waals surface area contributed by atoms with Crippen LogP contribution in [-0.4, -0.2) is 31.8 Å². The minimum atomic E-state index is -0.115. The third kappa shape index (κ3) is 3.21. The molecule has 0 spiro atoms. The average molecular weight is 286 g/mol. The highest BCUT2D eigenvalue weighted by molar-refractivity contribution is 9.10. The third-order valence-electron chi connectivity index (χ3n) is 2.19. The van der Waals surface area contributed by atoms with E-state index in [2.05, 4.69) is 21.2 Å². The maximum Gasteiger partial charge on any atom is 0.258 e. The van der Waals surface area contributed by atoms with E-state index < -0.39 is 0 Å². The van der Waals surface area contributed by atoms with Gasteiger partial charge in [-0.05, 0) is 24.3 Å². The maximum absolute atomic E-state index is 11.4. The lowest BCUT2D eigenvalue weighted by Crippen LogP contribution is -2.49. The lowest BCUT2D eigenvalue weighted by molar-refractivity contribution is -0.127. The van der Waals surface area contributed by atoms with Crippen molar-refractivity contribution >= 4 is 21.8 Å². The molecule has 0 unspecified atom stereocenters. The first-order valence-electron chi connectivity index (χ1n) is 4.99. The molecule has 1 fully saturated rings. The Hall–Kier alpha value is -1.07. The fourth-order valence-electron chi connectivity index (χ4n) is 1.27. The Morgan fingerprint density at radius 1 is 1.44 bits per heavy atom. The van der Waals surface area contributed by atoms with E-state index in [0.29, 0.717) is 19.0 Å². The number of rotatable bonds is 4. The first-order valence-corrected chi connectivity index (χ1v) is 5.79. The van der Waals surface area contributed by atoms with Crippen molar-refractivity contribution in [3.8, 4) is 5.75 Å². The second-order valence-electron chi connectivity index (χ2n) is 3.54. The van der Waals surface area contributed by atoms with Crippen molar-refractivity contribution in [2.24, 2.45) is 0 Å². The fraction of sp³-hybridized carbons (Fsp3) is 0.364. The standard InChI is InChI=1S/C11H12BrNO3/c12-8-1-3-10(4-2-8)16-7-11(14)13-9-5-15-6-9/h1-4,9H,5-7H2,(H,13,14). The van der Waals surface area contributed by atoms with Gasteiger partial charge in [0, 0.05) is 4.47 Å². The van der Waals surface area contributed by atoms with Gasteiger partial charge in [-0.25, -0.2) is 0 Å². The van der Waals surface area contributed by atoms with Crippen molar-refractivity contribution in [2.75, 3.05) is 19.8 Å². The van der Waals surface area contributed by atoms with Gasteiger partial charge in [-0.2, -0.15) is 0 Å². The van der Waals surface area contributed by atoms with E-state index in [1.807, 2.05) is 24.3 Å². The minimum absolute atomic E-state index is 0.0398. The van der Waals surface area contributed by atoms with E-state index in [-0.39, 0.29) is 18.6 Å². The molecule has 0 radical (unpaired) electrons. The number of hydrogen-bond donors (Lipinski definition) is 1. The average Bonchev–Trinajstić information content (AvgIpc) is 2.23. The molecule has 1 saturated heterocycles. The van der Waals surface area contributed by atoms with Crippen molar-refractivity contribution in [3.63, 3.8) is 0 Å². The van der Waals surface area contributed by atoms with Gasteiger partial charge in [0.25, 0.3) is 5.91 Å². The van der Waals surface area contributed by atoms with E-state index in [1.165, 1.54) is 0 Å². The van der Waals surface area contributed by atoms with E-state index in [4.69, 9.17) is 9.47 Å². The van der Waals surface area contributed by atoms with Gasteiger partial charge in [-0.3, -0.25) is 4.79 Å². The Kier molecular flexibility index (Phi) is 3.79. The van der Waals surface area contributed by atoms with Crippen LogP contribution >= 0.6 is 15.9 Å². The van der Waals surface area contributed by atoms with E-state index in [1.54, 1.807) is 0 Å². The minimum Gasteiger partial charge on any atom is -0.484 e. The fourth-order valence-corrected chi connectivity index (χ4v) is 1.53. The molecule has 0 aromatic heterocycles. The van der Waals surface area contributed by atoms with Crippen LogP contribution in [0, 0.1) is 0 Å². The topological polar surface area (TPSA) is 47.6 Å². The van der Waals surface area contributed by atoms with Gasteiger partial charge in [-0.1, -0.05) is 15.9 Å². The molecule has 0 saturated carbocycles. The van der Waals surface area contributed by atoms with Crippen molar-refractivity contribution < 1.29 is 14.3 Å². The van der Waals surface area contributed by atoms with Crippen molar-refractivity contribution in [1.82, 2.24) is 5.32 Å². The van der Waals surface area contributed by atoms with Crippen LogP contribution in [0.3, 0.4) is 0 Å². The number of hydrogen-bond acceptors (Lipinski definition) is 3. The summed E-state index contributed by atoms with van der Waals surface area (Å²) in [5.74, 6) is 0.569. The van der Waals surface area contributed by atoms with Gasteiger partial charge in [0.15, 0.2) is 6.61 Å². The molecule has 86 valence electrons. The quantitative estimate of drug-likeness (QED) is 0.908. The van der Waals surface area contributed by atoms with Gasteiger partial charge < -0.3 is 14.8 Å². The summed E-state index contributed by atoms with van der Waals surface area (Å²) in [4.78, 5) is 11.4. The molecule has 1 amide bonds. The molecule has 1 N–H and O–H groups in total. The molecule has 1 aliphatic heterocycles. The van der Waals surface area contributed by atoms with Crippen LogP contribution in [-0.2, 0) is 9.53 Å². The number of benzene rings is 1. The molecule has 4 nitrogen and oxygen atoms in total. The Morgan fingerprint density at radius 3 is 2.69 bits per heavy atom. The number of nitrogens with one attached hydrogen (secondary N) is 1. The highest BCUT2D eigenvalue weighted by Gasteiger charge is 2.20. The molecule has 5 heteroatoms. The number of halogens is 1. The molecule has 0 bridgehead atoms.